The van der Waals surface area contributed by atoms with E-state index in [0.29, 0.717) is 36.9 Å². The molecule has 160 valence electrons. The van der Waals surface area contributed by atoms with Crippen LogP contribution in [0.3, 0.4) is 0 Å². The molecule has 1 unspecified atom stereocenters. The first-order valence-electron chi connectivity index (χ1n) is 9.89. The molecule has 3 aliphatic rings. The molecule has 5 rings (SSSR count). The molecular weight excluding hydrogens is 417 g/mol. The van der Waals surface area contributed by atoms with Crippen molar-refractivity contribution in [3.63, 3.8) is 0 Å². The minimum Gasteiger partial charge on any atom is -0.350 e. The number of nitrogens with zero attached hydrogens (tertiary/aromatic N) is 2. The van der Waals surface area contributed by atoms with Crippen LogP contribution in [0.25, 0.3) is 0 Å². The molecule has 0 bridgehead atoms. The number of epoxide rings is 1. The van der Waals surface area contributed by atoms with Crippen LogP contribution in [0.15, 0.2) is 41.4 Å². The highest BCUT2D eigenvalue weighted by Crippen LogP contribution is 2.66. The fourth-order valence-corrected chi connectivity index (χ4v) is 5.81. The number of aromatic nitrogens is 1. The number of pyridine rings is 1. The average Bonchev–Trinajstić information content (AvgIpc) is 3.39. The minimum absolute atomic E-state index is 0.509. The summed E-state index contributed by atoms with van der Waals surface area (Å²) in [6.45, 7) is 1.58. The molecular formula is C21H21F3N2O3S. The third-order valence-corrected chi connectivity index (χ3v) is 8.19. The Labute approximate surface area is 172 Å². The molecule has 2 fully saturated rings. The van der Waals surface area contributed by atoms with Crippen LogP contribution in [0.5, 0.6) is 0 Å². The Kier molecular flexibility index (Phi) is 4.17. The average molecular weight is 438 g/mol. The normalized spacial score (nSPS) is 25.6. The van der Waals surface area contributed by atoms with E-state index in [1.807, 2.05) is 19.2 Å². The highest BCUT2D eigenvalue weighted by Gasteiger charge is 2.73. The van der Waals surface area contributed by atoms with Crippen LogP contribution in [0.2, 0.25) is 0 Å². The van der Waals surface area contributed by atoms with Gasteiger partial charge in [0.1, 0.15) is 5.60 Å². The molecule has 1 atom stereocenters. The van der Waals surface area contributed by atoms with E-state index >= 15 is 0 Å². The number of hydrogen-bond acceptors (Lipinski definition) is 5. The van der Waals surface area contributed by atoms with Gasteiger partial charge in [-0.15, -0.1) is 0 Å². The number of halogens is 3. The smallest absolute Gasteiger partial charge is 0.350 e. The topological polar surface area (TPSA) is 62.8 Å². The van der Waals surface area contributed by atoms with Crippen LogP contribution in [-0.4, -0.2) is 49.5 Å². The molecule has 2 spiro atoms. The fourth-order valence-electron chi connectivity index (χ4n) is 5.02. The molecule has 0 amide bonds. The third kappa shape index (κ3) is 2.61. The predicted octanol–water partition coefficient (Wildman–Crippen LogP) is 3.21. The number of rotatable bonds is 1. The molecule has 0 saturated carbocycles. The second kappa shape index (κ2) is 6.27. The van der Waals surface area contributed by atoms with Gasteiger partial charge in [0, 0.05) is 19.3 Å². The molecule has 30 heavy (non-hydrogen) atoms. The molecule has 5 nitrogen and oxygen atoms in total. The Hall–Kier alpha value is -1.97. The second-order valence-electron chi connectivity index (χ2n) is 8.36. The van der Waals surface area contributed by atoms with Gasteiger partial charge in [-0.3, -0.25) is 4.98 Å². The van der Waals surface area contributed by atoms with E-state index in [1.54, 1.807) is 6.20 Å². The zero-order chi connectivity index (χ0) is 21.4. The van der Waals surface area contributed by atoms with Gasteiger partial charge in [-0.05, 0) is 67.6 Å². The summed E-state index contributed by atoms with van der Waals surface area (Å²) in [6, 6.07) is 7.54. The van der Waals surface area contributed by atoms with Gasteiger partial charge in [0.2, 0.25) is 0 Å². The third-order valence-electron chi connectivity index (χ3n) is 6.71. The lowest BCUT2D eigenvalue weighted by Crippen LogP contribution is -2.39. The number of aryl methyl sites for hydroxylation is 2. The van der Waals surface area contributed by atoms with Crippen molar-refractivity contribution in [1.82, 2.24) is 9.88 Å². The monoisotopic (exact) mass is 438 g/mol. The Balaban J connectivity index is 1.73. The van der Waals surface area contributed by atoms with E-state index in [4.69, 9.17) is 4.74 Å². The van der Waals surface area contributed by atoms with Crippen molar-refractivity contribution in [1.29, 1.82) is 0 Å². The summed E-state index contributed by atoms with van der Waals surface area (Å²) < 4.78 is 70.4. The van der Waals surface area contributed by atoms with Crippen molar-refractivity contribution in [2.45, 2.75) is 47.3 Å². The van der Waals surface area contributed by atoms with Crippen molar-refractivity contribution < 1.29 is 26.3 Å². The van der Waals surface area contributed by atoms with Gasteiger partial charge in [-0.25, -0.2) is 8.42 Å². The van der Waals surface area contributed by atoms with Gasteiger partial charge in [0.25, 0.3) is 9.84 Å². The fraction of sp³-hybridized carbons (Fsp3) is 0.476. The highest BCUT2D eigenvalue weighted by molar-refractivity contribution is 7.92. The number of likely N-dealkylation sites (tertiary alicyclic amines) is 1. The molecule has 1 aromatic heterocycles. The lowest BCUT2D eigenvalue weighted by atomic mass is 9.76. The molecule has 9 heteroatoms. The quantitative estimate of drug-likeness (QED) is 0.640. The summed E-state index contributed by atoms with van der Waals surface area (Å²) in [5, 5.41) is 0. The van der Waals surface area contributed by atoms with Crippen molar-refractivity contribution >= 4 is 9.84 Å². The Morgan fingerprint density at radius 1 is 1.10 bits per heavy atom. The number of ether oxygens (including phenoxy) is 1. The van der Waals surface area contributed by atoms with Crippen LogP contribution in [0, 0.1) is 0 Å². The number of fused-ring (bicyclic) bond motifs is 5. The van der Waals surface area contributed by atoms with E-state index < -0.39 is 31.4 Å². The first-order chi connectivity index (χ1) is 14.1. The SMILES string of the molecule is CN1CCC2(CC1)OC21c2cc(S(=O)(=O)C(F)(F)F)ccc2CCc2cccnc21. The van der Waals surface area contributed by atoms with E-state index in [2.05, 4.69) is 9.88 Å². The molecule has 2 aliphatic heterocycles. The first-order valence-corrected chi connectivity index (χ1v) is 11.4. The highest BCUT2D eigenvalue weighted by atomic mass is 32.2. The summed E-state index contributed by atoms with van der Waals surface area (Å²) in [4.78, 5) is 6.03. The van der Waals surface area contributed by atoms with E-state index in [-0.39, 0.29) is 0 Å². The van der Waals surface area contributed by atoms with Gasteiger partial charge in [0.15, 0.2) is 5.60 Å². The maximum atomic E-state index is 13.2. The maximum Gasteiger partial charge on any atom is 0.501 e. The number of benzene rings is 1. The lowest BCUT2D eigenvalue weighted by Gasteiger charge is -2.30. The van der Waals surface area contributed by atoms with Crippen LogP contribution >= 0.6 is 0 Å². The lowest BCUT2D eigenvalue weighted by molar-refractivity contribution is -0.0436. The number of piperidine rings is 1. The van der Waals surface area contributed by atoms with Crippen LogP contribution in [-0.2, 0) is 33.0 Å². The van der Waals surface area contributed by atoms with Crippen LogP contribution in [0.1, 0.15) is 35.2 Å². The van der Waals surface area contributed by atoms with Crippen molar-refractivity contribution in [3.8, 4) is 0 Å². The van der Waals surface area contributed by atoms with Gasteiger partial charge in [-0.1, -0.05) is 12.1 Å². The molecule has 0 N–H and O–H groups in total. The van der Waals surface area contributed by atoms with Crippen molar-refractivity contribution in [2.24, 2.45) is 0 Å². The number of hydrogen-bond donors (Lipinski definition) is 0. The van der Waals surface area contributed by atoms with E-state index in [9.17, 15) is 21.6 Å². The van der Waals surface area contributed by atoms with Crippen LogP contribution < -0.4 is 0 Å². The van der Waals surface area contributed by atoms with Crippen molar-refractivity contribution in [3.05, 3.63) is 58.9 Å². The maximum absolute atomic E-state index is 13.2. The van der Waals surface area contributed by atoms with Gasteiger partial charge >= 0.3 is 5.51 Å². The molecule has 2 aromatic rings. The van der Waals surface area contributed by atoms with E-state index in [0.717, 1.165) is 30.3 Å². The van der Waals surface area contributed by atoms with Gasteiger partial charge < -0.3 is 9.64 Å². The molecule has 2 saturated heterocycles. The summed E-state index contributed by atoms with van der Waals surface area (Å²) in [6.07, 6.45) is 4.32. The number of alkyl halides is 3. The predicted molar refractivity (Wildman–Crippen MR) is 103 cm³/mol. The van der Waals surface area contributed by atoms with Gasteiger partial charge in [0.05, 0.1) is 10.6 Å². The van der Waals surface area contributed by atoms with Crippen molar-refractivity contribution in [2.75, 3.05) is 20.1 Å². The Bertz CT molecular complexity index is 1120. The first kappa shape index (κ1) is 20.0. The standard InChI is InChI=1S/C21H21F3N2O3S/c1-26-11-8-19(9-12-26)20(29-19)17-13-16(30(27,28)21(22,23)24)7-6-14(17)4-5-15-3-2-10-25-18(15)20/h2-3,6-7,10,13H,4-5,8-9,11-12H2,1H3. The van der Waals surface area contributed by atoms with Gasteiger partial charge in [-0.2, -0.15) is 13.2 Å². The van der Waals surface area contributed by atoms with E-state index in [1.165, 1.54) is 12.1 Å². The minimum atomic E-state index is -5.46. The molecule has 1 aliphatic carbocycles. The molecule has 3 heterocycles. The Morgan fingerprint density at radius 3 is 2.50 bits per heavy atom. The zero-order valence-corrected chi connectivity index (χ0v) is 17.2. The summed E-state index contributed by atoms with van der Waals surface area (Å²) in [5.74, 6) is 0. The number of sulfone groups is 1. The largest absolute Gasteiger partial charge is 0.501 e. The zero-order valence-electron chi connectivity index (χ0n) is 16.4. The molecule has 1 aromatic carbocycles. The second-order valence-corrected chi connectivity index (χ2v) is 10.3. The summed E-state index contributed by atoms with van der Waals surface area (Å²) in [5.41, 5.74) is -3.93. The summed E-state index contributed by atoms with van der Waals surface area (Å²) >= 11 is 0. The van der Waals surface area contributed by atoms with Crippen LogP contribution in [0.4, 0.5) is 13.2 Å². The Morgan fingerprint density at radius 2 is 1.80 bits per heavy atom. The summed E-state index contributed by atoms with van der Waals surface area (Å²) in [7, 11) is -3.44. The molecule has 0 radical (unpaired) electrons.